The van der Waals surface area contributed by atoms with Crippen LogP contribution in [0.25, 0.3) is 109 Å². The normalized spacial score (nSPS) is 12.2. The number of hydrogen-bond donors (Lipinski definition) is 0. The molecule has 2 aromatic heterocycles. The Balaban J connectivity index is 1.23. The Kier molecular flexibility index (Phi) is 5.14. The van der Waals surface area contributed by atoms with Crippen LogP contribution in [0.15, 0.2) is 167 Å². The minimum absolute atomic E-state index is 0.897. The molecule has 9 aromatic carbocycles. The molecule has 222 valence electrons. The second-order valence-electron chi connectivity index (χ2n) is 12.7. The zero-order valence-electron chi connectivity index (χ0n) is 25.8. The Bertz CT molecular complexity index is 3060. The summed E-state index contributed by atoms with van der Waals surface area (Å²) >= 11 is 0. The number of hydrogen-bond acceptors (Lipinski definition) is 2. The predicted molar refractivity (Wildman–Crippen MR) is 202 cm³/mol. The van der Waals surface area contributed by atoms with Gasteiger partial charge in [0.25, 0.3) is 0 Å². The number of rotatable bonds is 2. The lowest BCUT2D eigenvalue weighted by Gasteiger charge is -2.17. The van der Waals surface area contributed by atoms with Crippen LogP contribution in [0.2, 0.25) is 0 Å². The first kappa shape index (κ1) is 25.8. The van der Waals surface area contributed by atoms with Crippen LogP contribution in [0.5, 0.6) is 0 Å². The second-order valence-corrected chi connectivity index (χ2v) is 12.7. The van der Waals surface area contributed by atoms with Crippen molar-refractivity contribution in [2.45, 2.75) is 0 Å². The highest BCUT2D eigenvalue weighted by Gasteiger charge is 2.21. The molecule has 0 amide bonds. The van der Waals surface area contributed by atoms with Crippen LogP contribution in [0, 0.1) is 0 Å². The van der Waals surface area contributed by atoms with E-state index in [9.17, 15) is 0 Å². The molecule has 2 heterocycles. The summed E-state index contributed by atoms with van der Waals surface area (Å²) in [5.74, 6) is 0. The highest BCUT2D eigenvalue weighted by atomic mass is 16.3. The van der Waals surface area contributed by atoms with Gasteiger partial charge in [0.15, 0.2) is 0 Å². The van der Waals surface area contributed by atoms with Gasteiger partial charge in [-0.1, -0.05) is 140 Å². The number of para-hydroxylation sites is 2. The lowest BCUT2D eigenvalue weighted by molar-refractivity contribution is 0.670. The van der Waals surface area contributed by atoms with Crippen LogP contribution in [0.3, 0.4) is 0 Å². The van der Waals surface area contributed by atoms with E-state index in [0.29, 0.717) is 0 Å². The summed E-state index contributed by atoms with van der Waals surface area (Å²) in [4.78, 5) is 0. The molecule has 0 unspecified atom stereocenters. The van der Waals surface area contributed by atoms with Crippen molar-refractivity contribution < 1.29 is 8.83 Å². The molecule has 0 aliphatic rings. The van der Waals surface area contributed by atoms with Crippen molar-refractivity contribution in [3.8, 4) is 22.3 Å². The summed E-state index contributed by atoms with van der Waals surface area (Å²) in [5.41, 5.74) is 8.31. The van der Waals surface area contributed by atoms with Gasteiger partial charge >= 0.3 is 0 Å². The van der Waals surface area contributed by atoms with Gasteiger partial charge in [0.1, 0.15) is 22.3 Å². The van der Waals surface area contributed by atoms with E-state index in [0.717, 1.165) is 55.0 Å². The van der Waals surface area contributed by atoms with Crippen molar-refractivity contribution in [2.75, 3.05) is 0 Å². The van der Waals surface area contributed by atoms with Crippen molar-refractivity contribution in [1.82, 2.24) is 0 Å². The molecule has 0 aliphatic heterocycles. The summed E-state index contributed by atoms with van der Waals surface area (Å²) in [5, 5.41) is 14.2. The highest BCUT2D eigenvalue weighted by molar-refractivity contribution is 6.31. The van der Waals surface area contributed by atoms with Crippen molar-refractivity contribution in [3.05, 3.63) is 158 Å². The molecule has 0 spiro atoms. The summed E-state index contributed by atoms with van der Waals surface area (Å²) in [6, 6.07) is 56.4. The molecule has 0 aliphatic carbocycles. The molecule has 0 fully saturated rings. The Morgan fingerprint density at radius 3 is 1.50 bits per heavy atom. The van der Waals surface area contributed by atoms with Crippen LogP contribution in [0.1, 0.15) is 0 Å². The molecule has 48 heavy (non-hydrogen) atoms. The average Bonchev–Trinajstić information content (AvgIpc) is 3.73. The molecule has 0 atom stereocenters. The van der Waals surface area contributed by atoms with Crippen molar-refractivity contribution in [2.24, 2.45) is 0 Å². The Morgan fingerprint density at radius 1 is 0.292 bits per heavy atom. The van der Waals surface area contributed by atoms with Crippen LogP contribution in [-0.2, 0) is 0 Å². The van der Waals surface area contributed by atoms with Gasteiger partial charge in [0.05, 0.1) is 0 Å². The third kappa shape index (κ3) is 3.41. The second kappa shape index (κ2) is 9.57. The smallest absolute Gasteiger partial charge is 0.143 e. The molecular formula is C46H26O2. The van der Waals surface area contributed by atoms with E-state index in [1.807, 2.05) is 6.07 Å². The number of benzene rings is 9. The van der Waals surface area contributed by atoms with Gasteiger partial charge < -0.3 is 8.83 Å². The Morgan fingerprint density at radius 2 is 0.792 bits per heavy atom. The summed E-state index contributed by atoms with van der Waals surface area (Å²) in [7, 11) is 0. The largest absolute Gasteiger partial charge is 0.455 e. The molecule has 11 rings (SSSR count). The van der Waals surface area contributed by atoms with Gasteiger partial charge in [-0.2, -0.15) is 0 Å². The molecule has 2 nitrogen and oxygen atoms in total. The predicted octanol–water partition coefficient (Wildman–Crippen LogP) is 13.4. The molecular weight excluding hydrogens is 585 g/mol. The van der Waals surface area contributed by atoms with E-state index in [-0.39, 0.29) is 0 Å². The maximum Gasteiger partial charge on any atom is 0.143 e. The third-order valence-electron chi connectivity index (χ3n) is 10.2. The lowest BCUT2D eigenvalue weighted by Crippen LogP contribution is -1.91. The van der Waals surface area contributed by atoms with Gasteiger partial charge in [-0.3, -0.25) is 0 Å². The van der Waals surface area contributed by atoms with E-state index < -0.39 is 0 Å². The number of fused-ring (bicyclic) bond motifs is 13. The summed E-state index contributed by atoms with van der Waals surface area (Å²) in [6.45, 7) is 0. The lowest BCUT2D eigenvalue weighted by atomic mass is 9.85. The topological polar surface area (TPSA) is 26.3 Å². The Hall–Kier alpha value is -6.38. The van der Waals surface area contributed by atoms with Crippen molar-refractivity contribution >= 4 is 87.0 Å². The first-order valence-electron chi connectivity index (χ1n) is 16.4. The SMILES string of the molecule is c1ccc2c(c1)oc1c(-c3c4ccccc4c(-c4ccc5c(c4)oc4c6ccccc6c6ccccc6c54)c4ccccc34)cccc12. The maximum absolute atomic E-state index is 6.82. The fraction of sp³-hybridized carbons (Fsp3) is 0. The summed E-state index contributed by atoms with van der Waals surface area (Å²) < 4.78 is 13.4. The molecule has 2 heteroatoms. The number of furan rings is 2. The Labute approximate surface area is 275 Å². The quantitative estimate of drug-likeness (QED) is 0.144. The van der Waals surface area contributed by atoms with E-state index in [1.165, 1.54) is 54.2 Å². The van der Waals surface area contributed by atoms with Crippen LogP contribution in [0.4, 0.5) is 0 Å². The van der Waals surface area contributed by atoms with Crippen molar-refractivity contribution in [3.63, 3.8) is 0 Å². The molecule has 0 bridgehead atoms. The average molecular weight is 611 g/mol. The maximum atomic E-state index is 6.82. The van der Waals surface area contributed by atoms with Crippen LogP contribution in [-0.4, -0.2) is 0 Å². The zero-order chi connectivity index (χ0) is 31.3. The van der Waals surface area contributed by atoms with E-state index >= 15 is 0 Å². The van der Waals surface area contributed by atoms with E-state index in [1.54, 1.807) is 0 Å². The monoisotopic (exact) mass is 610 g/mol. The van der Waals surface area contributed by atoms with Gasteiger partial charge in [-0.25, -0.2) is 0 Å². The third-order valence-corrected chi connectivity index (χ3v) is 10.2. The highest BCUT2D eigenvalue weighted by Crippen LogP contribution is 2.48. The first-order valence-corrected chi connectivity index (χ1v) is 16.4. The molecule has 0 saturated heterocycles. The molecule has 11 aromatic rings. The fourth-order valence-electron chi connectivity index (χ4n) is 8.23. The minimum Gasteiger partial charge on any atom is -0.455 e. The van der Waals surface area contributed by atoms with Gasteiger partial charge in [-0.15, -0.1) is 0 Å². The van der Waals surface area contributed by atoms with Crippen LogP contribution < -0.4 is 0 Å². The van der Waals surface area contributed by atoms with Crippen molar-refractivity contribution in [1.29, 1.82) is 0 Å². The van der Waals surface area contributed by atoms with Gasteiger partial charge in [-0.05, 0) is 67.0 Å². The van der Waals surface area contributed by atoms with Gasteiger partial charge in [0, 0.05) is 38.1 Å². The van der Waals surface area contributed by atoms with E-state index in [4.69, 9.17) is 8.83 Å². The minimum atomic E-state index is 0.897. The van der Waals surface area contributed by atoms with Gasteiger partial charge in [0.2, 0.25) is 0 Å². The standard InChI is InChI=1S/C46H26O2/c1-3-15-31-28(12-1)29-13-2-8-20-36(29)46-44(31)38-25-24-27(26-41(38)48-46)42-32-16-4-6-18-34(32)43(35-19-7-5-17-33(35)42)39-22-11-21-37-30-14-9-10-23-40(30)47-45(37)39/h1-26H. The molecule has 0 radical (unpaired) electrons. The molecule has 0 N–H and O–H groups in total. The van der Waals surface area contributed by atoms with Crippen LogP contribution >= 0.6 is 0 Å². The molecule has 0 saturated carbocycles. The first-order chi connectivity index (χ1) is 23.8. The fourth-order valence-corrected chi connectivity index (χ4v) is 8.23. The summed E-state index contributed by atoms with van der Waals surface area (Å²) in [6.07, 6.45) is 0. The van der Waals surface area contributed by atoms with E-state index in [2.05, 4.69) is 152 Å². The zero-order valence-corrected chi connectivity index (χ0v) is 25.8.